The fraction of sp³-hybridized carbons (Fsp3) is 0.364. The van der Waals surface area contributed by atoms with Gasteiger partial charge >= 0.3 is 0 Å². The molecule has 0 saturated carbocycles. The number of halogens is 2. The standard InChI is InChI=1S/C33H38Cl2N2O2/c1-5-18-33(3)20-30(25-8-7-9-27(35)19-25)31(24-12-14-26(34)15-13-24)37(32(33)38)28(6-2)22-36-21-23-10-16-29(39-4)17-11-23/h5,7-17,19,28,30-31,36H,1,6,18,20-22H2,2-4H3/t28?,30?,31-,33+/m1/s1. The van der Waals surface area contributed by atoms with Crippen molar-refractivity contribution >= 4 is 29.1 Å². The molecule has 0 radical (unpaired) electrons. The molecule has 0 spiro atoms. The van der Waals surface area contributed by atoms with Crippen molar-refractivity contribution in [1.29, 1.82) is 0 Å². The van der Waals surface area contributed by atoms with Gasteiger partial charge in [0.05, 0.1) is 18.6 Å². The first-order valence-corrected chi connectivity index (χ1v) is 14.3. The number of nitrogens with one attached hydrogen (secondary N) is 1. The number of methoxy groups -OCH3 is 1. The van der Waals surface area contributed by atoms with Gasteiger partial charge in [-0.2, -0.15) is 0 Å². The van der Waals surface area contributed by atoms with Gasteiger partial charge in [0.1, 0.15) is 5.75 Å². The van der Waals surface area contributed by atoms with Gasteiger partial charge in [0, 0.05) is 35.1 Å². The Bertz CT molecular complexity index is 1260. The highest BCUT2D eigenvalue weighted by atomic mass is 35.5. The van der Waals surface area contributed by atoms with Crippen LogP contribution in [0.5, 0.6) is 5.75 Å². The lowest BCUT2D eigenvalue weighted by molar-refractivity contribution is -0.154. The van der Waals surface area contributed by atoms with E-state index in [0.717, 1.165) is 28.9 Å². The van der Waals surface area contributed by atoms with Crippen LogP contribution < -0.4 is 10.1 Å². The first kappa shape index (κ1) is 29.2. The van der Waals surface area contributed by atoms with Crippen LogP contribution >= 0.6 is 23.2 Å². The molecule has 0 aromatic heterocycles. The molecule has 2 unspecified atom stereocenters. The van der Waals surface area contributed by atoms with E-state index in [1.165, 1.54) is 0 Å². The number of benzene rings is 3. The fourth-order valence-corrected chi connectivity index (χ4v) is 6.18. The third-order valence-corrected chi connectivity index (χ3v) is 8.41. The molecule has 1 aliphatic heterocycles. The zero-order chi connectivity index (χ0) is 28.0. The quantitative estimate of drug-likeness (QED) is 0.238. The highest BCUT2D eigenvalue weighted by molar-refractivity contribution is 6.30. The molecule has 1 amide bonds. The number of carbonyl (C=O) groups excluding carboxylic acids is 1. The summed E-state index contributed by atoms with van der Waals surface area (Å²) in [5, 5.41) is 4.99. The van der Waals surface area contributed by atoms with E-state index < -0.39 is 5.41 Å². The van der Waals surface area contributed by atoms with Crippen LogP contribution in [0.25, 0.3) is 0 Å². The molecule has 1 aliphatic rings. The van der Waals surface area contributed by atoms with Crippen LogP contribution in [0.3, 0.4) is 0 Å². The lowest BCUT2D eigenvalue weighted by Crippen LogP contribution is -2.57. The summed E-state index contributed by atoms with van der Waals surface area (Å²) in [7, 11) is 1.67. The third-order valence-electron chi connectivity index (χ3n) is 7.92. The molecule has 4 rings (SSSR count). The van der Waals surface area contributed by atoms with Crippen molar-refractivity contribution in [3.05, 3.63) is 112 Å². The number of nitrogens with zero attached hydrogens (tertiary/aromatic N) is 1. The molecule has 0 bridgehead atoms. The fourth-order valence-electron chi connectivity index (χ4n) is 5.85. The molecule has 6 heteroatoms. The number of carbonyl (C=O) groups is 1. The number of hydrogen-bond donors (Lipinski definition) is 1. The van der Waals surface area contributed by atoms with Crippen LogP contribution in [-0.4, -0.2) is 30.5 Å². The molecule has 3 aromatic carbocycles. The number of piperidine rings is 1. The van der Waals surface area contributed by atoms with Crippen molar-refractivity contribution < 1.29 is 9.53 Å². The first-order valence-electron chi connectivity index (χ1n) is 13.6. The molecule has 1 N–H and O–H groups in total. The number of amides is 1. The molecular weight excluding hydrogens is 527 g/mol. The summed E-state index contributed by atoms with van der Waals surface area (Å²) in [4.78, 5) is 16.6. The Morgan fingerprint density at radius 3 is 2.41 bits per heavy atom. The van der Waals surface area contributed by atoms with Crippen LogP contribution in [-0.2, 0) is 11.3 Å². The number of likely N-dealkylation sites (tertiary alicyclic amines) is 1. The molecule has 39 heavy (non-hydrogen) atoms. The van der Waals surface area contributed by atoms with E-state index in [2.05, 4.69) is 61.0 Å². The van der Waals surface area contributed by atoms with Crippen LogP contribution in [0.15, 0.2) is 85.5 Å². The lowest BCUT2D eigenvalue weighted by atomic mass is 9.67. The summed E-state index contributed by atoms with van der Waals surface area (Å²) < 4.78 is 5.29. The van der Waals surface area contributed by atoms with E-state index in [-0.39, 0.29) is 23.9 Å². The van der Waals surface area contributed by atoms with Crippen molar-refractivity contribution in [2.75, 3.05) is 13.7 Å². The predicted octanol–water partition coefficient (Wildman–Crippen LogP) is 8.21. The van der Waals surface area contributed by atoms with Gasteiger partial charge in [0.15, 0.2) is 0 Å². The Labute approximate surface area is 243 Å². The smallest absolute Gasteiger partial charge is 0.229 e. The minimum atomic E-state index is -0.568. The largest absolute Gasteiger partial charge is 0.497 e. The maximum Gasteiger partial charge on any atom is 0.229 e. The first-order chi connectivity index (χ1) is 18.8. The lowest BCUT2D eigenvalue weighted by Gasteiger charge is -2.52. The topological polar surface area (TPSA) is 41.6 Å². The summed E-state index contributed by atoms with van der Waals surface area (Å²) in [5.74, 6) is 1.06. The van der Waals surface area contributed by atoms with Crippen LogP contribution in [0.1, 0.15) is 61.8 Å². The van der Waals surface area contributed by atoms with Crippen LogP contribution in [0, 0.1) is 5.41 Å². The average molecular weight is 566 g/mol. The summed E-state index contributed by atoms with van der Waals surface area (Å²) in [5.41, 5.74) is 2.81. The minimum Gasteiger partial charge on any atom is -0.497 e. The minimum absolute atomic E-state index is 0.0115. The molecule has 4 atom stereocenters. The molecule has 1 saturated heterocycles. The van der Waals surface area contributed by atoms with Crippen molar-refractivity contribution in [2.45, 2.75) is 57.7 Å². The monoisotopic (exact) mass is 564 g/mol. The number of ether oxygens (including phenoxy) is 1. The van der Waals surface area contributed by atoms with E-state index in [0.29, 0.717) is 36.0 Å². The Balaban J connectivity index is 1.72. The zero-order valence-electron chi connectivity index (χ0n) is 23.0. The second kappa shape index (κ2) is 13.0. The zero-order valence-corrected chi connectivity index (χ0v) is 24.5. The summed E-state index contributed by atoms with van der Waals surface area (Å²) in [6, 6.07) is 23.9. The van der Waals surface area contributed by atoms with Gasteiger partial charge in [0.2, 0.25) is 5.91 Å². The number of hydrogen-bond acceptors (Lipinski definition) is 3. The van der Waals surface area contributed by atoms with Crippen molar-refractivity contribution in [3.8, 4) is 5.75 Å². The van der Waals surface area contributed by atoms with Gasteiger partial charge in [-0.1, -0.05) is 79.5 Å². The molecule has 206 valence electrons. The van der Waals surface area contributed by atoms with Crippen molar-refractivity contribution in [2.24, 2.45) is 5.41 Å². The van der Waals surface area contributed by atoms with Crippen LogP contribution in [0.2, 0.25) is 10.0 Å². The van der Waals surface area contributed by atoms with Gasteiger partial charge in [-0.05, 0) is 72.4 Å². The van der Waals surface area contributed by atoms with Crippen molar-refractivity contribution in [3.63, 3.8) is 0 Å². The number of allylic oxidation sites excluding steroid dienone is 1. The normalized spacial score (nSPS) is 22.0. The SMILES string of the molecule is C=CC[C@@]1(C)CC(c2cccc(Cl)c2)[C@@H](c2ccc(Cl)cc2)N(C(CC)CNCc2ccc(OC)cc2)C1=O. The van der Waals surface area contributed by atoms with E-state index in [1.54, 1.807) is 7.11 Å². The maximum absolute atomic E-state index is 14.4. The van der Waals surface area contributed by atoms with Crippen molar-refractivity contribution in [1.82, 2.24) is 10.2 Å². The highest BCUT2D eigenvalue weighted by Gasteiger charge is 2.50. The molecule has 3 aromatic rings. The van der Waals surface area contributed by atoms with Gasteiger partial charge in [-0.25, -0.2) is 0 Å². The van der Waals surface area contributed by atoms with Gasteiger partial charge in [-0.15, -0.1) is 6.58 Å². The van der Waals surface area contributed by atoms with Gasteiger partial charge in [-0.3, -0.25) is 4.79 Å². The van der Waals surface area contributed by atoms with Crippen LogP contribution in [0.4, 0.5) is 0 Å². The molecule has 4 nitrogen and oxygen atoms in total. The molecule has 1 heterocycles. The second-order valence-corrected chi connectivity index (χ2v) is 11.5. The maximum atomic E-state index is 14.4. The second-order valence-electron chi connectivity index (χ2n) is 10.7. The van der Waals surface area contributed by atoms with E-state index in [1.807, 2.05) is 48.5 Å². The number of rotatable bonds is 11. The van der Waals surface area contributed by atoms with Gasteiger partial charge < -0.3 is 15.0 Å². The predicted molar refractivity (Wildman–Crippen MR) is 162 cm³/mol. The Hall–Kier alpha value is -2.79. The van der Waals surface area contributed by atoms with E-state index in [9.17, 15) is 4.79 Å². The Kier molecular flexibility index (Phi) is 9.76. The molecular formula is C33H38Cl2N2O2. The Morgan fingerprint density at radius 2 is 1.79 bits per heavy atom. The van der Waals surface area contributed by atoms with E-state index >= 15 is 0 Å². The molecule has 0 aliphatic carbocycles. The van der Waals surface area contributed by atoms with E-state index in [4.69, 9.17) is 27.9 Å². The molecule has 1 fully saturated rings. The summed E-state index contributed by atoms with van der Waals surface area (Å²) in [6.45, 7) is 9.60. The Morgan fingerprint density at radius 1 is 1.08 bits per heavy atom. The summed E-state index contributed by atoms with van der Waals surface area (Å²) in [6.07, 6.45) is 4.01. The van der Waals surface area contributed by atoms with Gasteiger partial charge in [0.25, 0.3) is 0 Å². The average Bonchev–Trinajstić information content (AvgIpc) is 2.94. The third kappa shape index (κ3) is 6.69. The highest BCUT2D eigenvalue weighted by Crippen LogP contribution is 2.52. The summed E-state index contributed by atoms with van der Waals surface area (Å²) >= 11 is 12.8.